The van der Waals surface area contributed by atoms with Gasteiger partial charge in [0.05, 0.1) is 11.7 Å². The monoisotopic (exact) mass is 273 g/mol. The van der Waals surface area contributed by atoms with E-state index >= 15 is 0 Å². The fourth-order valence-corrected chi connectivity index (χ4v) is 3.20. The summed E-state index contributed by atoms with van der Waals surface area (Å²) >= 11 is 1.65. The largest absolute Gasteiger partial charge is 0.481 e. The van der Waals surface area contributed by atoms with Crippen LogP contribution in [-0.4, -0.2) is 46.5 Å². The molecule has 1 saturated heterocycles. The van der Waals surface area contributed by atoms with Crippen molar-refractivity contribution in [2.24, 2.45) is 17.8 Å². The molecule has 0 unspecified atom stereocenters. The first-order valence-corrected chi connectivity index (χ1v) is 7.65. The third-order valence-corrected chi connectivity index (χ3v) is 4.32. The lowest BCUT2D eigenvalue weighted by Gasteiger charge is -2.15. The maximum Gasteiger partial charge on any atom is 0.308 e. The van der Waals surface area contributed by atoms with Gasteiger partial charge in [0.2, 0.25) is 5.91 Å². The first-order chi connectivity index (χ1) is 8.41. The van der Waals surface area contributed by atoms with Gasteiger partial charge in [-0.05, 0) is 24.0 Å². The normalized spacial score (nSPS) is 23.7. The highest BCUT2D eigenvalue weighted by Gasteiger charge is 2.36. The lowest BCUT2D eigenvalue weighted by molar-refractivity contribution is -0.142. The van der Waals surface area contributed by atoms with Crippen molar-refractivity contribution in [1.29, 1.82) is 0 Å². The molecule has 18 heavy (non-hydrogen) atoms. The van der Waals surface area contributed by atoms with E-state index in [1.165, 1.54) is 0 Å². The fraction of sp³-hybridized carbons (Fsp3) is 0.846. The summed E-state index contributed by atoms with van der Waals surface area (Å²) in [4.78, 5) is 24.6. The smallest absolute Gasteiger partial charge is 0.308 e. The van der Waals surface area contributed by atoms with Crippen molar-refractivity contribution >= 4 is 23.6 Å². The van der Waals surface area contributed by atoms with Gasteiger partial charge in [0.25, 0.3) is 0 Å². The molecule has 1 heterocycles. The van der Waals surface area contributed by atoms with Crippen molar-refractivity contribution in [3.8, 4) is 0 Å². The number of likely N-dealkylation sites (tertiary alicyclic amines) is 1. The number of hydrogen-bond acceptors (Lipinski definition) is 3. The summed E-state index contributed by atoms with van der Waals surface area (Å²) in [6.45, 7) is 7.20. The number of carboxylic acid groups (broad SMARTS) is 1. The topological polar surface area (TPSA) is 57.6 Å². The molecule has 0 aromatic carbocycles. The second kappa shape index (κ2) is 7.02. The van der Waals surface area contributed by atoms with Crippen LogP contribution in [0.1, 0.15) is 27.2 Å². The molecule has 4 nitrogen and oxygen atoms in total. The predicted octanol–water partition coefficient (Wildman–Crippen LogP) is 1.94. The Bertz CT molecular complexity index is 307. The zero-order valence-corrected chi connectivity index (χ0v) is 12.2. The van der Waals surface area contributed by atoms with Gasteiger partial charge in [-0.2, -0.15) is 11.8 Å². The number of rotatable bonds is 6. The van der Waals surface area contributed by atoms with Crippen LogP contribution in [0.5, 0.6) is 0 Å². The van der Waals surface area contributed by atoms with Gasteiger partial charge < -0.3 is 10.0 Å². The Kier molecular flexibility index (Phi) is 5.99. The van der Waals surface area contributed by atoms with E-state index in [0.717, 1.165) is 12.2 Å². The molecule has 0 aromatic heterocycles. The van der Waals surface area contributed by atoms with Crippen LogP contribution in [0.4, 0.5) is 0 Å². The molecule has 1 aliphatic rings. The van der Waals surface area contributed by atoms with Gasteiger partial charge in [0.15, 0.2) is 0 Å². The molecule has 0 spiro atoms. The Hall–Kier alpha value is -0.710. The summed E-state index contributed by atoms with van der Waals surface area (Å²) < 4.78 is 0. The van der Waals surface area contributed by atoms with E-state index in [4.69, 9.17) is 5.11 Å². The third kappa shape index (κ3) is 4.52. The molecule has 0 aromatic rings. The summed E-state index contributed by atoms with van der Waals surface area (Å²) in [5, 5.41) is 9.02. The Morgan fingerprint density at radius 2 is 2.06 bits per heavy atom. The second-order valence-electron chi connectivity index (χ2n) is 5.46. The van der Waals surface area contributed by atoms with Crippen LogP contribution >= 0.6 is 11.8 Å². The number of aliphatic carboxylic acids is 1. The van der Waals surface area contributed by atoms with E-state index in [1.54, 1.807) is 16.7 Å². The summed E-state index contributed by atoms with van der Waals surface area (Å²) in [7, 11) is 0. The molecule has 1 fully saturated rings. The van der Waals surface area contributed by atoms with Crippen molar-refractivity contribution in [2.45, 2.75) is 27.2 Å². The Balaban J connectivity index is 2.29. The number of carbonyl (C=O) groups excluding carboxylic acids is 1. The average molecular weight is 273 g/mol. The number of nitrogens with zero attached hydrogens (tertiary/aromatic N) is 1. The Morgan fingerprint density at radius 1 is 1.39 bits per heavy atom. The van der Waals surface area contributed by atoms with Crippen LogP contribution in [0.15, 0.2) is 0 Å². The van der Waals surface area contributed by atoms with Crippen molar-refractivity contribution in [1.82, 2.24) is 4.90 Å². The van der Waals surface area contributed by atoms with Crippen LogP contribution in [0.25, 0.3) is 0 Å². The van der Waals surface area contributed by atoms with E-state index in [2.05, 4.69) is 13.8 Å². The molecular weight excluding hydrogens is 250 g/mol. The van der Waals surface area contributed by atoms with E-state index in [-0.39, 0.29) is 11.8 Å². The molecule has 0 saturated carbocycles. The van der Waals surface area contributed by atoms with Crippen LogP contribution in [-0.2, 0) is 9.59 Å². The molecule has 1 amide bonds. The summed E-state index contributed by atoms with van der Waals surface area (Å²) in [6, 6.07) is 0. The molecule has 1 aliphatic heterocycles. The number of thioether (sulfide) groups is 1. The zero-order valence-electron chi connectivity index (χ0n) is 11.4. The second-order valence-corrected chi connectivity index (χ2v) is 6.56. The molecule has 2 atom stereocenters. The minimum Gasteiger partial charge on any atom is -0.481 e. The maximum atomic E-state index is 11.9. The van der Waals surface area contributed by atoms with Crippen molar-refractivity contribution < 1.29 is 14.7 Å². The molecule has 104 valence electrons. The highest BCUT2D eigenvalue weighted by Crippen LogP contribution is 2.24. The summed E-state index contributed by atoms with van der Waals surface area (Å²) in [6.07, 6.45) is 1.12. The van der Waals surface area contributed by atoms with Gasteiger partial charge in [-0.25, -0.2) is 0 Å². The van der Waals surface area contributed by atoms with Crippen LogP contribution < -0.4 is 0 Å². The summed E-state index contributed by atoms with van der Waals surface area (Å²) in [5.41, 5.74) is 0. The molecule has 0 radical (unpaired) electrons. The molecule has 0 bridgehead atoms. The maximum absolute atomic E-state index is 11.9. The third-order valence-electron chi connectivity index (χ3n) is 3.35. The Morgan fingerprint density at radius 3 is 2.56 bits per heavy atom. The van der Waals surface area contributed by atoms with Crippen LogP contribution in [0, 0.1) is 17.8 Å². The highest BCUT2D eigenvalue weighted by molar-refractivity contribution is 7.99. The number of amides is 1. The lowest BCUT2D eigenvalue weighted by atomic mass is 9.99. The Labute approximate surface area is 113 Å². The first-order valence-electron chi connectivity index (χ1n) is 6.50. The molecule has 1 rings (SSSR count). The minimum absolute atomic E-state index is 0.0621. The van der Waals surface area contributed by atoms with E-state index < -0.39 is 11.9 Å². The molecular formula is C13H23NO3S. The SMILES string of the molecule is CC(C)CCSCC(=O)N1C[C@@H](C)[C@H](C(=O)O)C1. The van der Waals surface area contributed by atoms with Gasteiger partial charge in [0, 0.05) is 13.1 Å². The number of hydrogen-bond donors (Lipinski definition) is 1. The highest BCUT2D eigenvalue weighted by atomic mass is 32.2. The van der Waals surface area contributed by atoms with Gasteiger partial charge in [-0.1, -0.05) is 20.8 Å². The quantitative estimate of drug-likeness (QED) is 0.751. The van der Waals surface area contributed by atoms with Crippen molar-refractivity contribution in [2.75, 3.05) is 24.6 Å². The standard InChI is InChI=1S/C13H23NO3S/c1-9(2)4-5-18-8-12(15)14-6-10(3)11(7-14)13(16)17/h9-11H,4-8H2,1-3H3,(H,16,17)/t10-,11-/m1/s1. The van der Waals surface area contributed by atoms with Crippen LogP contribution in [0.3, 0.4) is 0 Å². The van der Waals surface area contributed by atoms with Gasteiger partial charge in [0.1, 0.15) is 0 Å². The van der Waals surface area contributed by atoms with E-state index in [1.807, 2.05) is 6.92 Å². The minimum atomic E-state index is -0.787. The lowest BCUT2D eigenvalue weighted by Crippen LogP contribution is -2.31. The first kappa shape index (κ1) is 15.3. The van der Waals surface area contributed by atoms with Gasteiger partial charge >= 0.3 is 5.97 Å². The fourth-order valence-electron chi connectivity index (χ4n) is 2.06. The molecule has 5 heteroatoms. The molecule has 0 aliphatic carbocycles. The van der Waals surface area contributed by atoms with Crippen molar-refractivity contribution in [3.05, 3.63) is 0 Å². The van der Waals surface area contributed by atoms with E-state index in [0.29, 0.717) is 24.8 Å². The average Bonchev–Trinajstić information content (AvgIpc) is 2.66. The number of carboxylic acids is 1. The van der Waals surface area contributed by atoms with Gasteiger partial charge in [-0.15, -0.1) is 0 Å². The van der Waals surface area contributed by atoms with Crippen LogP contribution in [0.2, 0.25) is 0 Å². The molecule has 1 N–H and O–H groups in total. The van der Waals surface area contributed by atoms with Crippen molar-refractivity contribution in [3.63, 3.8) is 0 Å². The van der Waals surface area contributed by atoms with E-state index in [9.17, 15) is 9.59 Å². The zero-order chi connectivity index (χ0) is 13.7. The number of carbonyl (C=O) groups is 2. The van der Waals surface area contributed by atoms with Gasteiger partial charge in [-0.3, -0.25) is 9.59 Å². The predicted molar refractivity (Wildman–Crippen MR) is 73.6 cm³/mol. The summed E-state index contributed by atoms with van der Waals surface area (Å²) in [5.74, 6) is 1.10.